The predicted molar refractivity (Wildman–Crippen MR) is 65.5 cm³/mol. The summed E-state index contributed by atoms with van der Waals surface area (Å²) in [5, 5.41) is 17.9. The maximum atomic E-state index is 8.94. The van der Waals surface area contributed by atoms with Crippen molar-refractivity contribution < 1.29 is 19.7 Å². The van der Waals surface area contributed by atoms with Gasteiger partial charge in [-0.2, -0.15) is 0 Å². The van der Waals surface area contributed by atoms with Gasteiger partial charge in [0.05, 0.1) is 13.2 Å². The average molecular weight is 244 g/mol. The lowest BCUT2D eigenvalue weighted by atomic mass is 10.0. The zero-order valence-electron chi connectivity index (χ0n) is 10.5. The van der Waals surface area contributed by atoms with Gasteiger partial charge in [-0.3, -0.25) is 0 Å². The Balaban J connectivity index is 2.16. The molecule has 1 fully saturated rings. The highest BCUT2D eigenvalue weighted by Gasteiger charge is 2.21. The topological polar surface area (TPSA) is 58.9 Å². The predicted octanol–water partition coefficient (Wildman–Crippen LogP) is 1.32. The molecule has 0 aromatic carbocycles. The Hall–Kier alpha value is -0.420. The van der Waals surface area contributed by atoms with Crippen molar-refractivity contribution in [1.29, 1.82) is 0 Å². The van der Waals surface area contributed by atoms with Crippen LogP contribution in [0.3, 0.4) is 0 Å². The van der Waals surface area contributed by atoms with Gasteiger partial charge in [-0.25, -0.2) is 0 Å². The molecule has 0 spiro atoms. The van der Waals surface area contributed by atoms with Gasteiger partial charge >= 0.3 is 0 Å². The first-order chi connectivity index (χ1) is 8.30. The van der Waals surface area contributed by atoms with Crippen LogP contribution in [-0.2, 0) is 9.47 Å². The van der Waals surface area contributed by atoms with E-state index in [0.717, 1.165) is 19.3 Å². The van der Waals surface area contributed by atoms with Gasteiger partial charge in [0.1, 0.15) is 0 Å². The molecule has 0 bridgehead atoms. The number of hydrogen-bond donors (Lipinski definition) is 2. The summed E-state index contributed by atoms with van der Waals surface area (Å²) in [6.07, 6.45) is 6.59. The molecular formula is C13H24O4. The van der Waals surface area contributed by atoms with E-state index in [1.54, 1.807) is 0 Å². The summed E-state index contributed by atoms with van der Waals surface area (Å²) in [6, 6.07) is 0. The summed E-state index contributed by atoms with van der Waals surface area (Å²) in [5.74, 6) is 0.303. The van der Waals surface area contributed by atoms with E-state index in [1.165, 1.54) is 0 Å². The maximum Gasteiger partial charge on any atom is 0.157 e. The van der Waals surface area contributed by atoms with Crippen molar-refractivity contribution in [3.63, 3.8) is 0 Å². The van der Waals surface area contributed by atoms with Gasteiger partial charge in [0.2, 0.25) is 0 Å². The second-order valence-electron chi connectivity index (χ2n) is 4.50. The molecule has 0 aromatic rings. The molecule has 2 N–H and O–H groups in total. The van der Waals surface area contributed by atoms with Crippen LogP contribution in [0.5, 0.6) is 0 Å². The molecule has 0 radical (unpaired) electrons. The molecule has 0 amide bonds. The van der Waals surface area contributed by atoms with Gasteiger partial charge in [-0.05, 0) is 19.3 Å². The molecule has 1 aliphatic rings. The summed E-state index contributed by atoms with van der Waals surface area (Å²) in [7, 11) is 0. The van der Waals surface area contributed by atoms with Crippen molar-refractivity contribution in [3.05, 3.63) is 12.2 Å². The Labute approximate surface area is 103 Å². The summed E-state index contributed by atoms with van der Waals surface area (Å²) in [4.78, 5) is 0. The molecule has 4 heteroatoms. The van der Waals surface area contributed by atoms with E-state index >= 15 is 0 Å². The highest BCUT2D eigenvalue weighted by atomic mass is 16.7. The molecule has 4 nitrogen and oxygen atoms in total. The quantitative estimate of drug-likeness (QED) is 0.663. The third-order valence-corrected chi connectivity index (χ3v) is 2.96. The average Bonchev–Trinajstić information content (AvgIpc) is 2.39. The van der Waals surface area contributed by atoms with E-state index in [9.17, 15) is 0 Å². The van der Waals surface area contributed by atoms with Crippen molar-refractivity contribution in [2.75, 3.05) is 26.4 Å². The van der Waals surface area contributed by atoms with Crippen molar-refractivity contribution in [2.45, 2.75) is 32.5 Å². The molecular weight excluding hydrogens is 220 g/mol. The van der Waals surface area contributed by atoms with Crippen molar-refractivity contribution >= 4 is 0 Å². The van der Waals surface area contributed by atoms with Crippen LogP contribution in [0, 0.1) is 11.8 Å². The highest BCUT2D eigenvalue weighted by Crippen LogP contribution is 2.18. The molecule has 100 valence electrons. The Bertz CT molecular complexity index is 205. The first-order valence-electron chi connectivity index (χ1n) is 6.41. The summed E-state index contributed by atoms with van der Waals surface area (Å²) >= 11 is 0. The van der Waals surface area contributed by atoms with Gasteiger partial charge in [-0.15, -0.1) is 0 Å². The molecule has 0 aromatic heterocycles. The van der Waals surface area contributed by atoms with Crippen LogP contribution in [-0.4, -0.2) is 42.9 Å². The van der Waals surface area contributed by atoms with E-state index in [0.29, 0.717) is 19.1 Å². The Morgan fingerprint density at radius 1 is 1.24 bits per heavy atom. The van der Waals surface area contributed by atoms with E-state index in [2.05, 4.69) is 19.1 Å². The normalized spacial score (nSPS) is 25.9. The second kappa shape index (κ2) is 8.64. The van der Waals surface area contributed by atoms with Crippen molar-refractivity contribution in [2.24, 2.45) is 11.8 Å². The molecule has 0 atom stereocenters. The minimum Gasteiger partial charge on any atom is -0.396 e. The molecule has 1 rings (SSSR count). The number of hydrogen-bond acceptors (Lipinski definition) is 4. The fraction of sp³-hybridized carbons (Fsp3) is 0.846. The molecule has 1 heterocycles. The van der Waals surface area contributed by atoms with Crippen LogP contribution in [0.15, 0.2) is 12.2 Å². The fourth-order valence-electron chi connectivity index (χ4n) is 1.78. The van der Waals surface area contributed by atoms with E-state index in [-0.39, 0.29) is 25.4 Å². The van der Waals surface area contributed by atoms with Crippen LogP contribution in [0.4, 0.5) is 0 Å². The van der Waals surface area contributed by atoms with Crippen LogP contribution < -0.4 is 0 Å². The van der Waals surface area contributed by atoms with Crippen LogP contribution in [0.25, 0.3) is 0 Å². The molecule has 0 aliphatic carbocycles. The number of rotatable bonds is 7. The Kier molecular flexibility index (Phi) is 7.44. The summed E-state index contributed by atoms with van der Waals surface area (Å²) < 4.78 is 11.2. The Morgan fingerprint density at radius 2 is 1.88 bits per heavy atom. The minimum atomic E-state index is -0.179. The smallest absolute Gasteiger partial charge is 0.157 e. The second-order valence-corrected chi connectivity index (χ2v) is 4.50. The number of aliphatic hydroxyl groups is 2. The third-order valence-electron chi connectivity index (χ3n) is 2.96. The molecule has 0 saturated carbocycles. The largest absolute Gasteiger partial charge is 0.396 e. The van der Waals surface area contributed by atoms with Crippen LogP contribution in [0.2, 0.25) is 0 Å². The number of aliphatic hydroxyl groups excluding tert-OH is 2. The first-order valence-corrected chi connectivity index (χ1v) is 6.41. The SMILES string of the molecule is CCC=CC1COC(CCC(CO)CO)OC1. The first kappa shape index (κ1) is 14.6. The standard InChI is InChI=1S/C13H24O4/c1-2-3-4-12-9-16-13(17-10-12)6-5-11(7-14)8-15/h3-4,11-15H,2,5-10H2,1H3. The van der Waals surface area contributed by atoms with E-state index in [1.807, 2.05) is 0 Å². The zero-order valence-corrected chi connectivity index (χ0v) is 10.5. The lowest BCUT2D eigenvalue weighted by molar-refractivity contribution is -0.197. The molecule has 0 unspecified atom stereocenters. The van der Waals surface area contributed by atoms with E-state index < -0.39 is 0 Å². The monoisotopic (exact) mass is 244 g/mol. The van der Waals surface area contributed by atoms with Crippen LogP contribution >= 0.6 is 0 Å². The molecule has 1 aliphatic heterocycles. The van der Waals surface area contributed by atoms with Crippen molar-refractivity contribution in [3.8, 4) is 0 Å². The lowest BCUT2D eigenvalue weighted by Crippen LogP contribution is -2.31. The van der Waals surface area contributed by atoms with Gasteiger partial charge in [0.25, 0.3) is 0 Å². The fourth-order valence-corrected chi connectivity index (χ4v) is 1.78. The maximum absolute atomic E-state index is 8.94. The van der Waals surface area contributed by atoms with Gasteiger partial charge in [-0.1, -0.05) is 19.1 Å². The lowest BCUT2D eigenvalue weighted by Gasteiger charge is -2.28. The number of allylic oxidation sites excluding steroid dienone is 1. The summed E-state index contributed by atoms with van der Waals surface area (Å²) in [5.41, 5.74) is 0. The van der Waals surface area contributed by atoms with E-state index in [4.69, 9.17) is 19.7 Å². The minimum absolute atomic E-state index is 0.0189. The summed E-state index contributed by atoms with van der Waals surface area (Å²) in [6.45, 7) is 3.54. The zero-order chi connectivity index (χ0) is 12.5. The van der Waals surface area contributed by atoms with Gasteiger partial charge < -0.3 is 19.7 Å². The van der Waals surface area contributed by atoms with Gasteiger partial charge in [0, 0.05) is 25.0 Å². The Morgan fingerprint density at radius 3 is 2.41 bits per heavy atom. The molecule has 1 saturated heterocycles. The van der Waals surface area contributed by atoms with Crippen molar-refractivity contribution in [1.82, 2.24) is 0 Å². The van der Waals surface area contributed by atoms with Gasteiger partial charge in [0.15, 0.2) is 6.29 Å². The van der Waals surface area contributed by atoms with Crippen LogP contribution in [0.1, 0.15) is 26.2 Å². The third kappa shape index (κ3) is 5.64. The molecule has 17 heavy (non-hydrogen) atoms. The highest BCUT2D eigenvalue weighted by molar-refractivity contribution is 4.88. The number of ether oxygens (including phenoxy) is 2.